The molecule has 2 aliphatic rings. The van der Waals surface area contributed by atoms with E-state index >= 15 is 0 Å². The summed E-state index contributed by atoms with van der Waals surface area (Å²) < 4.78 is 13.3. The third-order valence-electron chi connectivity index (χ3n) is 6.51. The Kier molecular flexibility index (Phi) is 7.09. The number of aromatic nitrogens is 6. The first-order valence-electron chi connectivity index (χ1n) is 12.1. The van der Waals surface area contributed by atoms with Gasteiger partial charge >= 0.3 is 0 Å². The molecule has 2 N–H and O–H groups in total. The number of nitrogen functional groups attached to an aromatic ring is 1. The number of rotatable bonds is 8. The minimum absolute atomic E-state index is 0.0467. The molecule has 13 nitrogen and oxygen atoms in total. The number of aryl methyl sites for hydroxylation is 1. The highest BCUT2D eigenvalue weighted by atomic mass is 16.5. The van der Waals surface area contributed by atoms with Crippen molar-refractivity contribution in [2.45, 2.75) is 38.0 Å². The molecule has 0 unspecified atom stereocenters. The van der Waals surface area contributed by atoms with Crippen LogP contribution in [0, 0.1) is 11.3 Å². The summed E-state index contributed by atoms with van der Waals surface area (Å²) in [6.07, 6.45) is 8.10. The third-order valence-corrected chi connectivity index (χ3v) is 6.51. The Bertz CT molecular complexity index is 1280. The molecule has 1 aliphatic heterocycles. The van der Waals surface area contributed by atoms with Gasteiger partial charge in [0.15, 0.2) is 0 Å². The molecule has 13 heteroatoms. The quantitative estimate of drug-likeness (QED) is 0.468. The number of nitriles is 1. The van der Waals surface area contributed by atoms with E-state index in [0.717, 1.165) is 0 Å². The van der Waals surface area contributed by atoms with Gasteiger partial charge in [0.25, 0.3) is 5.91 Å². The van der Waals surface area contributed by atoms with Crippen LogP contribution < -0.4 is 15.4 Å². The number of amides is 1. The molecule has 0 aromatic carbocycles. The highest BCUT2D eigenvalue weighted by Gasteiger charge is 2.36. The van der Waals surface area contributed by atoms with Crippen molar-refractivity contribution in [2.75, 3.05) is 44.0 Å². The Morgan fingerprint density at radius 2 is 2.00 bits per heavy atom. The summed E-state index contributed by atoms with van der Waals surface area (Å²) in [4.78, 5) is 34.2. The molecule has 0 radical (unpaired) electrons. The van der Waals surface area contributed by atoms with Crippen molar-refractivity contribution in [1.82, 2.24) is 34.6 Å². The van der Waals surface area contributed by atoms with Crippen molar-refractivity contribution in [2.24, 2.45) is 0 Å². The molecular formula is C24H28N10O3. The predicted molar refractivity (Wildman–Crippen MR) is 132 cm³/mol. The molecule has 5 rings (SSSR count). The summed E-state index contributed by atoms with van der Waals surface area (Å²) in [7, 11) is 1.79. The number of hydrogen-bond donors (Lipinski definition) is 1. The zero-order chi connectivity index (χ0) is 25.8. The van der Waals surface area contributed by atoms with Crippen LogP contribution in [0.2, 0.25) is 0 Å². The van der Waals surface area contributed by atoms with Crippen molar-refractivity contribution < 1.29 is 14.3 Å². The van der Waals surface area contributed by atoms with E-state index in [1.165, 1.54) is 0 Å². The van der Waals surface area contributed by atoms with Gasteiger partial charge in [-0.1, -0.05) is 0 Å². The number of anilines is 2. The predicted octanol–water partition coefficient (Wildman–Crippen LogP) is 1.14. The Hall–Kier alpha value is -4.31. The van der Waals surface area contributed by atoms with Crippen molar-refractivity contribution in [3.63, 3.8) is 0 Å². The molecule has 0 bridgehead atoms. The van der Waals surface area contributed by atoms with Gasteiger partial charge < -0.3 is 25.0 Å². The standard InChI is InChI=1S/C24H28N10O3/c1-32(22(35)17-14-29-34(15-17)4-2-3-25)18-9-19(10-18)37-21-11-20(16-12-27-23(26)28-13-16)30-24(31-21)33-5-7-36-8-6-33/h11-15,18-19H,2,4-10H2,1H3,(H2,26,27,28)/t18-,19-. The van der Waals surface area contributed by atoms with Crippen molar-refractivity contribution in [3.8, 4) is 23.2 Å². The first-order valence-corrected chi connectivity index (χ1v) is 12.1. The number of nitrogens with zero attached hydrogens (tertiary/aromatic N) is 9. The lowest BCUT2D eigenvalue weighted by molar-refractivity contribution is 0.0236. The van der Waals surface area contributed by atoms with E-state index in [9.17, 15) is 4.79 Å². The number of carbonyl (C=O) groups excluding carboxylic acids is 1. The Balaban J connectivity index is 1.25. The zero-order valence-corrected chi connectivity index (χ0v) is 20.5. The molecular weight excluding hydrogens is 476 g/mol. The monoisotopic (exact) mass is 504 g/mol. The van der Waals surface area contributed by atoms with Gasteiger partial charge in [-0.2, -0.15) is 15.3 Å². The molecule has 2 fully saturated rings. The first-order chi connectivity index (χ1) is 18.0. The third kappa shape index (κ3) is 5.59. The van der Waals surface area contributed by atoms with Crippen LogP contribution in [0.4, 0.5) is 11.9 Å². The van der Waals surface area contributed by atoms with Gasteiger partial charge in [0, 0.05) is 69.2 Å². The summed E-state index contributed by atoms with van der Waals surface area (Å²) in [5.41, 5.74) is 7.50. The fourth-order valence-corrected chi connectivity index (χ4v) is 4.25. The molecule has 37 heavy (non-hydrogen) atoms. The summed E-state index contributed by atoms with van der Waals surface area (Å²) in [5, 5.41) is 12.9. The van der Waals surface area contributed by atoms with Crippen LogP contribution in [0.1, 0.15) is 29.6 Å². The summed E-state index contributed by atoms with van der Waals surface area (Å²) >= 11 is 0. The number of nitrogens with two attached hydrogens (primary N) is 1. The molecule has 4 heterocycles. The largest absolute Gasteiger partial charge is 0.474 e. The molecule has 3 aromatic heterocycles. The van der Waals surface area contributed by atoms with E-state index in [2.05, 4.69) is 31.0 Å². The fraction of sp³-hybridized carbons (Fsp3) is 0.458. The fourth-order valence-electron chi connectivity index (χ4n) is 4.25. The molecule has 1 amide bonds. The van der Waals surface area contributed by atoms with Crippen molar-refractivity contribution in [3.05, 3.63) is 36.4 Å². The van der Waals surface area contributed by atoms with E-state index in [0.29, 0.717) is 80.8 Å². The van der Waals surface area contributed by atoms with Crippen LogP contribution in [0.15, 0.2) is 30.9 Å². The average Bonchev–Trinajstić information content (AvgIpc) is 3.38. The normalized spacial score (nSPS) is 19.1. The number of ether oxygens (including phenoxy) is 2. The maximum Gasteiger partial charge on any atom is 0.257 e. The number of hydrogen-bond acceptors (Lipinski definition) is 11. The van der Waals surface area contributed by atoms with Crippen LogP contribution in [0.5, 0.6) is 5.88 Å². The summed E-state index contributed by atoms with van der Waals surface area (Å²) in [5.74, 6) is 1.11. The summed E-state index contributed by atoms with van der Waals surface area (Å²) in [6.45, 7) is 3.05. The van der Waals surface area contributed by atoms with Crippen LogP contribution in [0.3, 0.4) is 0 Å². The SMILES string of the molecule is CN(C(=O)c1cnn(CCC#N)c1)[C@H]1C[C@H](Oc2cc(-c3cnc(N)nc3)nc(N3CCOCC3)n2)C1. The Morgan fingerprint density at radius 3 is 2.73 bits per heavy atom. The van der Waals surface area contributed by atoms with Crippen LogP contribution in [0.25, 0.3) is 11.3 Å². The van der Waals surface area contributed by atoms with Crippen molar-refractivity contribution in [1.29, 1.82) is 5.26 Å². The second-order valence-electron chi connectivity index (χ2n) is 9.00. The summed E-state index contributed by atoms with van der Waals surface area (Å²) in [6, 6.07) is 3.90. The Morgan fingerprint density at radius 1 is 1.24 bits per heavy atom. The second-order valence-corrected chi connectivity index (χ2v) is 9.00. The molecule has 3 aromatic rings. The molecule has 1 aliphatic carbocycles. The molecule has 0 atom stereocenters. The van der Waals surface area contributed by atoms with E-state index in [1.54, 1.807) is 47.5 Å². The minimum Gasteiger partial charge on any atom is -0.474 e. The number of carbonyl (C=O) groups is 1. The van der Waals surface area contributed by atoms with E-state index in [1.807, 2.05) is 0 Å². The highest BCUT2D eigenvalue weighted by Crippen LogP contribution is 2.31. The maximum absolute atomic E-state index is 12.9. The Labute approximate surface area is 213 Å². The van der Waals surface area contributed by atoms with Gasteiger partial charge in [-0.3, -0.25) is 9.48 Å². The van der Waals surface area contributed by atoms with Gasteiger partial charge in [-0.05, 0) is 0 Å². The molecule has 192 valence electrons. The van der Waals surface area contributed by atoms with Crippen LogP contribution in [-0.4, -0.2) is 86.0 Å². The van der Waals surface area contributed by atoms with Gasteiger partial charge in [-0.25, -0.2) is 15.0 Å². The highest BCUT2D eigenvalue weighted by molar-refractivity contribution is 5.93. The van der Waals surface area contributed by atoms with E-state index in [4.69, 9.17) is 25.5 Å². The zero-order valence-electron chi connectivity index (χ0n) is 20.5. The molecule has 1 saturated heterocycles. The second kappa shape index (κ2) is 10.8. The topological polar surface area (TPSA) is 161 Å². The smallest absolute Gasteiger partial charge is 0.257 e. The average molecular weight is 505 g/mol. The van der Waals surface area contributed by atoms with Crippen LogP contribution >= 0.6 is 0 Å². The lowest BCUT2D eigenvalue weighted by Crippen LogP contribution is -2.49. The van der Waals surface area contributed by atoms with Gasteiger partial charge in [0.2, 0.25) is 17.8 Å². The molecule has 1 saturated carbocycles. The van der Waals surface area contributed by atoms with E-state index in [-0.39, 0.29) is 24.0 Å². The molecule has 0 spiro atoms. The van der Waals surface area contributed by atoms with Crippen LogP contribution in [-0.2, 0) is 11.3 Å². The van der Waals surface area contributed by atoms with E-state index < -0.39 is 0 Å². The van der Waals surface area contributed by atoms with Gasteiger partial charge in [-0.15, -0.1) is 0 Å². The number of morpholine rings is 1. The van der Waals surface area contributed by atoms with Gasteiger partial charge in [0.05, 0.1) is 49.7 Å². The minimum atomic E-state index is -0.103. The van der Waals surface area contributed by atoms with Gasteiger partial charge in [0.1, 0.15) is 6.10 Å². The maximum atomic E-state index is 12.9. The van der Waals surface area contributed by atoms with Crippen molar-refractivity contribution >= 4 is 17.8 Å². The lowest BCUT2D eigenvalue weighted by Gasteiger charge is -2.40. The first kappa shape index (κ1) is 24.4. The lowest BCUT2D eigenvalue weighted by atomic mass is 9.88.